The fraction of sp³-hybridized carbons (Fsp3) is 0.562. The Morgan fingerprint density at radius 1 is 1.17 bits per heavy atom. The molecule has 2 amide bonds. The summed E-state index contributed by atoms with van der Waals surface area (Å²) in [6.07, 6.45) is -2.46. The minimum atomic E-state index is -4.44. The number of amides is 2. The minimum absolute atomic E-state index is 0.125. The zero-order valence-electron chi connectivity index (χ0n) is 13.1. The maximum absolute atomic E-state index is 12.7. The van der Waals surface area contributed by atoms with Gasteiger partial charge in [0.25, 0.3) is 0 Å². The first-order chi connectivity index (χ1) is 11.4. The Morgan fingerprint density at radius 2 is 1.83 bits per heavy atom. The maximum atomic E-state index is 12.7. The lowest BCUT2D eigenvalue weighted by molar-refractivity contribution is -0.281. The highest BCUT2D eigenvalue weighted by molar-refractivity contribution is 5.89. The van der Waals surface area contributed by atoms with Crippen molar-refractivity contribution in [3.05, 3.63) is 29.8 Å². The van der Waals surface area contributed by atoms with Crippen LogP contribution in [0.4, 0.5) is 23.7 Å². The van der Waals surface area contributed by atoms with Crippen molar-refractivity contribution in [3.63, 3.8) is 0 Å². The standard InChI is InChI=1S/C16H19F3N2O3/c17-16(18,19)12-3-1-4-13(11-12)20-14(22)21-7-5-15(6-8-21)23-9-2-10-24-15/h1,3-4,11H,2,5-10H2,(H,20,22). The number of urea groups is 1. The summed E-state index contributed by atoms with van der Waals surface area (Å²) in [7, 11) is 0. The number of likely N-dealkylation sites (tertiary alicyclic amines) is 1. The van der Waals surface area contributed by atoms with Crippen molar-refractivity contribution in [3.8, 4) is 0 Å². The summed E-state index contributed by atoms with van der Waals surface area (Å²) in [5, 5.41) is 2.52. The Labute approximate surface area is 137 Å². The number of piperidine rings is 1. The van der Waals surface area contributed by atoms with E-state index < -0.39 is 23.6 Å². The van der Waals surface area contributed by atoms with E-state index in [0.29, 0.717) is 39.1 Å². The van der Waals surface area contributed by atoms with Gasteiger partial charge in [0, 0.05) is 31.6 Å². The van der Waals surface area contributed by atoms with Crippen molar-refractivity contribution >= 4 is 11.7 Å². The lowest BCUT2D eigenvalue weighted by atomic mass is 10.0. The summed E-state index contributed by atoms with van der Waals surface area (Å²) in [5.41, 5.74) is -0.665. The highest BCUT2D eigenvalue weighted by atomic mass is 19.4. The molecule has 2 heterocycles. The largest absolute Gasteiger partial charge is 0.416 e. The first kappa shape index (κ1) is 17.0. The molecule has 0 unspecified atom stereocenters. The second-order valence-corrected chi connectivity index (χ2v) is 5.96. The van der Waals surface area contributed by atoms with Crippen molar-refractivity contribution in [2.75, 3.05) is 31.6 Å². The lowest BCUT2D eigenvalue weighted by Crippen LogP contribution is -2.52. The summed E-state index contributed by atoms with van der Waals surface area (Å²) in [4.78, 5) is 13.8. The van der Waals surface area contributed by atoms with E-state index >= 15 is 0 Å². The van der Waals surface area contributed by atoms with E-state index in [9.17, 15) is 18.0 Å². The highest BCUT2D eigenvalue weighted by Crippen LogP contribution is 2.32. The van der Waals surface area contributed by atoms with Crippen molar-refractivity contribution < 1.29 is 27.4 Å². The molecule has 3 rings (SSSR count). The Balaban J connectivity index is 1.58. The molecular weight excluding hydrogens is 325 g/mol. The topological polar surface area (TPSA) is 50.8 Å². The molecule has 2 aliphatic heterocycles. The molecule has 0 saturated carbocycles. The Bertz CT molecular complexity index is 590. The van der Waals surface area contributed by atoms with Crippen LogP contribution >= 0.6 is 0 Å². The quantitative estimate of drug-likeness (QED) is 0.849. The molecule has 0 atom stereocenters. The Hall–Kier alpha value is -1.80. The van der Waals surface area contributed by atoms with Gasteiger partial charge in [-0.1, -0.05) is 6.07 Å². The van der Waals surface area contributed by atoms with Crippen LogP contribution in [0.1, 0.15) is 24.8 Å². The molecule has 2 fully saturated rings. The predicted octanol–water partition coefficient (Wildman–Crippen LogP) is 3.47. The number of ether oxygens (including phenoxy) is 2. The van der Waals surface area contributed by atoms with Crippen molar-refractivity contribution in [1.82, 2.24) is 4.90 Å². The van der Waals surface area contributed by atoms with Crippen molar-refractivity contribution in [2.24, 2.45) is 0 Å². The molecule has 132 valence electrons. The van der Waals surface area contributed by atoms with Crippen LogP contribution in [-0.2, 0) is 15.7 Å². The molecule has 2 saturated heterocycles. The van der Waals surface area contributed by atoms with Gasteiger partial charge in [0.2, 0.25) is 0 Å². The normalized spacial score (nSPS) is 20.9. The number of hydrogen-bond donors (Lipinski definition) is 1. The molecular formula is C16H19F3N2O3. The smallest absolute Gasteiger partial charge is 0.350 e. The van der Waals surface area contributed by atoms with Crippen LogP contribution in [0.15, 0.2) is 24.3 Å². The summed E-state index contributed by atoms with van der Waals surface area (Å²) >= 11 is 0. The summed E-state index contributed by atoms with van der Waals surface area (Å²) < 4.78 is 49.5. The molecule has 0 radical (unpaired) electrons. The van der Waals surface area contributed by atoms with E-state index in [1.165, 1.54) is 12.1 Å². The fourth-order valence-corrected chi connectivity index (χ4v) is 2.93. The third-order valence-corrected chi connectivity index (χ3v) is 4.27. The average molecular weight is 344 g/mol. The van der Waals surface area contributed by atoms with Crippen LogP contribution in [0.2, 0.25) is 0 Å². The van der Waals surface area contributed by atoms with Crippen LogP contribution in [0.3, 0.4) is 0 Å². The second kappa shape index (κ2) is 6.60. The molecule has 1 aromatic carbocycles. The molecule has 0 bridgehead atoms. The molecule has 2 aliphatic rings. The zero-order chi connectivity index (χ0) is 17.2. The van der Waals surface area contributed by atoms with Gasteiger partial charge in [-0.05, 0) is 24.6 Å². The third-order valence-electron chi connectivity index (χ3n) is 4.27. The van der Waals surface area contributed by atoms with Crippen molar-refractivity contribution in [2.45, 2.75) is 31.2 Å². The van der Waals surface area contributed by atoms with Crippen LogP contribution in [-0.4, -0.2) is 43.0 Å². The SMILES string of the molecule is O=C(Nc1cccc(C(F)(F)F)c1)N1CCC2(CC1)OCCCO2. The lowest BCUT2D eigenvalue weighted by Gasteiger charge is -2.43. The first-order valence-corrected chi connectivity index (χ1v) is 7.89. The van der Waals surface area contributed by atoms with Gasteiger partial charge in [0.1, 0.15) is 0 Å². The van der Waals surface area contributed by atoms with Gasteiger partial charge in [-0.25, -0.2) is 4.79 Å². The van der Waals surface area contributed by atoms with Crippen molar-refractivity contribution in [1.29, 1.82) is 0 Å². The second-order valence-electron chi connectivity index (χ2n) is 5.96. The third kappa shape index (κ3) is 3.81. The van der Waals surface area contributed by atoms with Gasteiger partial charge in [0.05, 0.1) is 18.8 Å². The summed E-state index contributed by atoms with van der Waals surface area (Å²) in [5.74, 6) is -0.606. The van der Waals surface area contributed by atoms with E-state index in [1.54, 1.807) is 4.90 Å². The fourth-order valence-electron chi connectivity index (χ4n) is 2.93. The van der Waals surface area contributed by atoms with E-state index in [4.69, 9.17) is 9.47 Å². The van der Waals surface area contributed by atoms with Gasteiger partial charge in [0.15, 0.2) is 5.79 Å². The molecule has 5 nitrogen and oxygen atoms in total. The number of rotatable bonds is 1. The number of nitrogens with one attached hydrogen (secondary N) is 1. The monoisotopic (exact) mass is 344 g/mol. The van der Waals surface area contributed by atoms with E-state index in [-0.39, 0.29) is 5.69 Å². The van der Waals surface area contributed by atoms with Gasteiger partial charge in [-0.2, -0.15) is 13.2 Å². The van der Waals surface area contributed by atoms with Gasteiger partial charge in [-0.15, -0.1) is 0 Å². The molecule has 0 aromatic heterocycles. The van der Waals surface area contributed by atoms with E-state index in [1.807, 2.05) is 0 Å². The van der Waals surface area contributed by atoms with Crippen LogP contribution in [0.5, 0.6) is 0 Å². The van der Waals surface area contributed by atoms with Gasteiger partial charge >= 0.3 is 12.2 Å². The molecule has 1 N–H and O–H groups in total. The van der Waals surface area contributed by atoms with Gasteiger partial charge < -0.3 is 19.7 Å². The number of halogens is 3. The molecule has 8 heteroatoms. The molecule has 1 spiro atoms. The first-order valence-electron chi connectivity index (χ1n) is 7.89. The number of anilines is 1. The number of alkyl halides is 3. The van der Waals surface area contributed by atoms with Gasteiger partial charge in [-0.3, -0.25) is 0 Å². The molecule has 1 aromatic rings. The average Bonchev–Trinajstić information content (AvgIpc) is 2.56. The van der Waals surface area contributed by atoms with Crippen LogP contribution in [0.25, 0.3) is 0 Å². The van der Waals surface area contributed by atoms with E-state index in [0.717, 1.165) is 18.6 Å². The van der Waals surface area contributed by atoms with E-state index in [2.05, 4.69) is 5.32 Å². The number of hydrogen-bond acceptors (Lipinski definition) is 3. The number of carbonyl (C=O) groups is 1. The number of carbonyl (C=O) groups excluding carboxylic acids is 1. The zero-order valence-corrected chi connectivity index (χ0v) is 13.1. The number of nitrogens with zero attached hydrogens (tertiary/aromatic N) is 1. The number of benzene rings is 1. The Morgan fingerprint density at radius 3 is 2.46 bits per heavy atom. The highest BCUT2D eigenvalue weighted by Gasteiger charge is 2.39. The summed E-state index contributed by atoms with van der Waals surface area (Å²) in [6.45, 7) is 2.17. The van der Waals surface area contributed by atoms with Crippen LogP contribution < -0.4 is 5.32 Å². The maximum Gasteiger partial charge on any atom is 0.416 e. The predicted molar refractivity (Wildman–Crippen MR) is 80.5 cm³/mol. The summed E-state index contributed by atoms with van der Waals surface area (Å²) in [6, 6.07) is 4.19. The minimum Gasteiger partial charge on any atom is -0.350 e. The molecule has 0 aliphatic carbocycles. The molecule has 24 heavy (non-hydrogen) atoms. The van der Waals surface area contributed by atoms with Crippen LogP contribution in [0, 0.1) is 0 Å². The Kier molecular flexibility index (Phi) is 4.69.